The van der Waals surface area contributed by atoms with Crippen molar-refractivity contribution in [1.29, 1.82) is 0 Å². The number of benzene rings is 2. The molecule has 2 aliphatic carbocycles. The zero-order valence-corrected chi connectivity index (χ0v) is 27.6. The van der Waals surface area contributed by atoms with E-state index in [4.69, 9.17) is 0 Å². The molecule has 0 spiro atoms. The van der Waals surface area contributed by atoms with Crippen LogP contribution in [-0.2, 0) is 4.79 Å². The molecule has 0 radical (unpaired) electrons. The molecule has 9 heteroatoms. The average Bonchev–Trinajstić information content (AvgIpc) is 2.89. The number of ketones is 1. The number of carboxylic acids is 1. The first-order valence-corrected chi connectivity index (χ1v) is 19.2. The van der Waals surface area contributed by atoms with Gasteiger partial charge in [-0.3, -0.25) is 4.79 Å². The Balaban J connectivity index is 1.64. The van der Waals surface area contributed by atoms with E-state index in [0.717, 1.165) is 48.4 Å². The number of hydrogen-bond acceptors (Lipinski definition) is 3. The fourth-order valence-corrected chi connectivity index (χ4v) is 10.7. The Morgan fingerprint density at radius 1 is 1.02 bits per heavy atom. The van der Waals surface area contributed by atoms with Crippen molar-refractivity contribution in [3.05, 3.63) is 86.9 Å². The van der Waals surface area contributed by atoms with Crippen LogP contribution in [0.25, 0.3) is 5.57 Å². The molecule has 1 saturated heterocycles. The number of fused-ring (bicyclic) bond motifs is 2. The highest BCUT2D eigenvalue weighted by atomic mass is 32.2. The van der Waals surface area contributed by atoms with Crippen LogP contribution >= 0.6 is 11.8 Å². The summed E-state index contributed by atoms with van der Waals surface area (Å²) in [6.07, 6.45) is 10.4. The van der Waals surface area contributed by atoms with Crippen molar-refractivity contribution in [2.75, 3.05) is 18.8 Å². The van der Waals surface area contributed by atoms with Gasteiger partial charge >= 0.3 is 5.97 Å². The van der Waals surface area contributed by atoms with Crippen LogP contribution in [0, 0.1) is 22.9 Å². The van der Waals surface area contributed by atoms with Crippen molar-refractivity contribution in [1.82, 2.24) is 0 Å². The van der Waals surface area contributed by atoms with Gasteiger partial charge in [-0.05, 0) is 57.5 Å². The lowest BCUT2D eigenvalue weighted by Gasteiger charge is -2.39. The monoisotopic (exact) mass is 636 g/mol. The van der Waals surface area contributed by atoms with Gasteiger partial charge in [0.1, 0.15) is 38.3 Å². The van der Waals surface area contributed by atoms with Crippen LogP contribution < -0.4 is 5.19 Å². The second-order valence-corrected chi connectivity index (χ2v) is 19.1. The molecule has 2 heterocycles. The Kier molecular flexibility index (Phi) is 7.72. The van der Waals surface area contributed by atoms with Gasteiger partial charge in [-0.15, -0.1) is 11.8 Å². The number of Topliss-reactive ketones (excluding diaryl/α,β-unsaturated/α-hetero) is 1. The standard InChI is InChI=1S/C35H36F3NO3SSi/c1-35(2,3)26(40)18-43-33-31(37)28(29(34(41)42)30(36)32(33)38)27-22-12-10-20(19-8-6-9-19)16-24(22)44(4,5)25-17-21(11-13-23(25)27)39-14-7-15-39/h10-13,16-17,19H,6-9,14-15,18H2,1-5H3/p+1. The molecule has 4 aliphatic rings. The Bertz CT molecular complexity index is 1750. The SMILES string of the molecule is CC(C)(C)C(=O)CSc1c(F)c(F)c(C(=O)O)c(C2=C3C=CC(=[N+]4CCC4)C=C3[Si](C)(C)c3cc(C4CCC4)ccc32)c1F. The molecule has 1 saturated carbocycles. The molecule has 230 valence electrons. The molecule has 4 nitrogen and oxygen atoms in total. The lowest BCUT2D eigenvalue weighted by atomic mass is 9.79. The second-order valence-electron chi connectivity index (χ2n) is 13.8. The third-order valence-electron chi connectivity index (χ3n) is 9.66. The van der Waals surface area contributed by atoms with E-state index < -0.39 is 52.9 Å². The normalized spacial score (nSPS) is 19.2. The van der Waals surface area contributed by atoms with Gasteiger partial charge in [-0.25, -0.2) is 22.5 Å². The summed E-state index contributed by atoms with van der Waals surface area (Å²) in [5.41, 5.74) is 1.55. The summed E-state index contributed by atoms with van der Waals surface area (Å²) in [4.78, 5) is 24.6. The summed E-state index contributed by atoms with van der Waals surface area (Å²) in [5.74, 6) is -6.22. The van der Waals surface area contributed by atoms with Crippen LogP contribution in [0.4, 0.5) is 13.2 Å². The number of rotatable bonds is 6. The quantitative estimate of drug-likeness (QED) is 0.155. The van der Waals surface area contributed by atoms with Gasteiger partial charge < -0.3 is 5.11 Å². The highest BCUT2D eigenvalue weighted by molar-refractivity contribution is 8.00. The lowest BCUT2D eigenvalue weighted by Crippen LogP contribution is -2.50. The van der Waals surface area contributed by atoms with E-state index >= 15 is 13.2 Å². The van der Waals surface area contributed by atoms with Crippen molar-refractivity contribution < 1.29 is 32.4 Å². The predicted molar refractivity (Wildman–Crippen MR) is 171 cm³/mol. The maximum Gasteiger partial charge on any atom is 0.339 e. The minimum absolute atomic E-state index is 0.259. The summed E-state index contributed by atoms with van der Waals surface area (Å²) in [6, 6.07) is 6.13. The number of carbonyl (C=O) groups is 2. The Morgan fingerprint density at radius 3 is 2.30 bits per heavy atom. The van der Waals surface area contributed by atoms with Gasteiger partial charge in [0.05, 0.1) is 17.1 Å². The fourth-order valence-electron chi connectivity index (χ4n) is 6.45. The molecular weight excluding hydrogens is 600 g/mol. The van der Waals surface area contributed by atoms with Gasteiger partial charge in [0, 0.05) is 23.1 Å². The molecule has 0 unspecified atom stereocenters. The summed E-state index contributed by atoms with van der Waals surface area (Å²) in [5, 5.41) is 12.2. The first kappa shape index (κ1) is 30.8. The smallest absolute Gasteiger partial charge is 0.339 e. The summed E-state index contributed by atoms with van der Waals surface area (Å²) in [7, 11) is -2.42. The van der Waals surface area contributed by atoms with Crippen molar-refractivity contribution in [2.24, 2.45) is 5.41 Å². The second kappa shape index (κ2) is 11.0. The maximum atomic E-state index is 16.8. The summed E-state index contributed by atoms with van der Waals surface area (Å²) >= 11 is 0.574. The molecule has 44 heavy (non-hydrogen) atoms. The van der Waals surface area contributed by atoms with Gasteiger partial charge in [-0.2, -0.15) is 0 Å². The Morgan fingerprint density at radius 2 is 1.73 bits per heavy atom. The van der Waals surface area contributed by atoms with Crippen molar-refractivity contribution in [2.45, 2.75) is 70.4 Å². The molecule has 1 N–H and O–H groups in total. The van der Waals surface area contributed by atoms with Gasteiger partial charge in [-0.1, -0.05) is 58.5 Å². The summed E-state index contributed by atoms with van der Waals surface area (Å²) < 4.78 is 50.3. The van der Waals surface area contributed by atoms with Crippen LogP contribution in [0.15, 0.2) is 52.1 Å². The molecule has 2 aliphatic heterocycles. The van der Waals surface area contributed by atoms with E-state index in [1.54, 1.807) is 20.8 Å². The van der Waals surface area contributed by atoms with E-state index in [2.05, 4.69) is 29.8 Å². The molecular formula is C35H37F3NO3SSi+. The van der Waals surface area contributed by atoms with Crippen molar-refractivity contribution in [3.63, 3.8) is 0 Å². The van der Waals surface area contributed by atoms with Gasteiger partial charge in [0.15, 0.2) is 17.3 Å². The Labute approximate surface area is 261 Å². The molecule has 0 amide bonds. The van der Waals surface area contributed by atoms with E-state index in [1.807, 2.05) is 24.3 Å². The molecule has 0 atom stereocenters. The number of carboxylic acid groups (broad SMARTS) is 1. The van der Waals surface area contributed by atoms with Crippen molar-refractivity contribution >= 4 is 48.1 Å². The van der Waals surface area contributed by atoms with Crippen LogP contribution in [0.5, 0.6) is 0 Å². The molecule has 2 aromatic carbocycles. The van der Waals surface area contributed by atoms with Crippen LogP contribution in [-0.4, -0.2) is 54.1 Å². The summed E-state index contributed by atoms with van der Waals surface area (Å²) in [6.45, 7) is 11.5. The lowest BCUT2D eigenvalue weighted by molar-refractivity contribution is -0.582. The number of nitrogens with zero attached hydrogens (tertiary/aromatic N) is 1. The molecule has 6 rings (SSSR count). The first-order valence-electron chi connectivity index (χ1n) is 15.2. The fraction of sp³-hybridized carbons (Fsp3) is 0.400. The molecule has 2 aromatic rings. The van der Waals surface area contributed by atoms with E-state index in [0.29, 0.717) is 28.8 Å². The third kappa shape index (κ3) is 4.96. The minimum Gasteiger partial charge on any atom is -0.478 e. The van der Waals surface area contributed by atoms with E-state index in [9.17, 15) is 14.7 Å². The number of aromatic carboxylic acids is 1. The Hall–Kier alpha value is -3.17. The van der Waals surface area contributed by atoms with Crippen LogP contribution in [0.3, 0.4) is 0 Å². The number of allylic oxidation sites excluding steroid dienone is 5. The van der Waals surface area contributed by atoms with Crippen LogP contribution in [0.1, 0.15) is 79.4 Å². The largest absolute Gasteiger partial charge is 0.478 e. The third-order valence-corrected chi connectivity index (χ3v) is 14.2. The van der Waals surface area contributed by atoms with Gasteiger partial charge in [0.25, 0.3) is 0 Å². The number of thioether (sulfide) groups is 1. The molecule has 0 aromatic heterocycles. The number of halogens is 3. The molecule has 0 bridgehead atoms. The van der Waals surface area contributed by atoms with E-state index in [-0.39, 0.29) is 17.1 Å². The molecule has 2 fully saturated rings. The maximum absolute atomic E-state index is 16.8. The number of carbonyl (C=O) groups excluding carboxylic acids is 1. The zero-order chi connectivity index (χ0) is 31.7. The van der Waals surface area contributed by atoms with Gasteiger partial charge in [0.2, 0.25) is 0 Å². The highest BCUT2D eigenvalue weighted by Gasteiger charge is 2.44. The predicted octanol–water partition coefficient (Wildman–Crippen LogP) is 7.40. The highest BCUT2D eigenvalue weighted by Crippen LogP contribution is 2.47. The minimum atomic E-state index is -2.42. The first-order chi connectivity index (χ1) is 20.7. The average molecular weight is 637 g/mol. The zero-order valence-electron chi connectivity index (χ0n) is 25.7. The topological polar surface area (TPSA) is 57.4 Å². The van der Waals surface area contributed by atoms with Crippen LogP contribution in [0.2, 0.25) is 13.1 Å². The number of hydrogen-bond donors (Lipinski definition) is 1. The van der Waals surface area contributed by atoms with Crippen molar-refractivity contribution in [3.8, 4) is 0 Å². The van der Waals surface area contributed by atoms with E-state index in [1.165, 1.54) is 12.0 Å².